The number of carboxylic acids is 1. The Hall–Kier alpha value is -2.17. The second-order valence-electron chi connectivity index (χ2n) is 3.54. The highest BCUT2D eigenvalue weighted by Crippen LogP contribution is 2.15. The van der Waals surface area contributed by atoms with Gasteiger partial charge in [-0.1, -0.05) is 12.1 Å². The van der Waals surface area contributed by atoms with Gasteiger partial charge < -0.3 is 5.11 Å². The van der Waals surface area contributed by atoms with Gasteiger partial charge in [0.1, 0.15) is 0 Å². The number of nitrogens with zero attached hydrogens (tertiary/aromatic N) is 3. The first-order chi connectivity index (χ1) is 7.59. The fraction of sp³-hybridized carbons (Fsp3) is 0.182. The van der Waals surface area contributed by atoms with E-state index in [2.05, 4.69) is 10.2 Å². The van der Waals surface area contributed by atoms with Crippen LogP contribution in [0.3, 0.4) is 0 Å². The predicted octanol–water partition coefficient (Wildman–Crippen LogP) is 1.58. The summed E-state index contributed by atoms with van der Waals surface area (Å²) in [4.78, 5) is 12.0. The van der Waals surface area contributed by atoms with E-state index < -0.39 is 5.97 Å². The smallest absolute Gasteiger partial charge is 0.358 e. The lowest BCUT2D eigenvalue weighted by atomic mass is 10.1. The molecule has 1 aromatic heterocycles. The number of aryl methyl sites for hydroxylation is 1. The monoisotopic (exact) mass is 217 g/mol. The quantitative estimate of drug-likeness (QED) is 0.829. The van der Waals surface area contributed by atoms with Crippen LogP contribution in [0.5, 0.6) is 0 Å². The molecule has 5 nitrogen and oxygen atoms in total. The van der Waals surface area contributed by atoms with E-state index >= 15 is 0 Å². The molecule has 82 valence electrons. The number of rotatable bonds is 2. The molecule has 2 rings (SSSR count). The number of hydrogen-bond acceptors (Lipinski definition) is 3. The van der Waals surface area contributed by atoms with Gasteiger partial charge in [-0.2, -0.15) is 9.90 Å². The third kappa shape index (κ3) is 1.67. The summed E-state index contributed by atoms with van der Waals surface area (Å²) in [6, 6.07) is 5.73. The van der Waals surface area contributed by atoms with Crippen LogP contribution in [0.25, 0.3) is 5.69 Å². The minimum atomic E-state index is -1.07. The van der Waals surface area contributed by atoms with E-state index in [-0.39, 0.29) is 5.69 Å². The zero-order valence-corrected chi connectivity index (χ0v) is 9.01. The fourth-order valence-corrected chi connectivity index (χ4v) is 1.43. The molecule has 0 radical (unpaired) electrons. The summed E-state index contributed by atoms with van der Waals surface area (Å²) in [6.07, 6.45) is 1.24. The molecule has 1 heterocycles. The van der Waals surface area contributed by atoms with Crippen molar-refractivity contribution in [1.82, 2.24) is 15.0 Å². The second-order valence-corrected chi connectivity index (χ2v) is 3.54. The van der Waals surface area contributed by atoms with Crippen molar-refractivity contribution < 1.29 is 9.90 Å². The van der Waals surface area contributed by atoms with Crippen LogP contribution in [0.15, 0.2) is 24.4 Å². The van der Waals surface area contributed by atoms with Crippen molar-refractivity contribution >= 4 is 5.97 Å². The van der Waals surface area contributed by atoms with E-state index in [1.54, 1.807) is 0 Å². The largest absolute Gasteiger partial charge is 0.476 e. The van der Waals surface area contributed by atoms with E-state index in [0.29, 0.717) is 0 Å². The van der Waals surface area contributed by atoms with Crippen molar-refractivity contribution in [2.75, 3.05) is 0 Å². The average Bonchev–Trinajstić information content (AvgIpc) is 2.71. The van der Waals surface area contributed by atoms with Gasteiger partial charge >= 0.3 is 5.97 Å². The Kier molecular flexibility index (Phi) is 2.44. The van der Waals surface area contributed by atoms with Crippen LogP contribution < -0.4 is 0 Å². The second kappa shape index (κ2) is 3.77. The molecule has 5 heteroatoms. The molecule has 0 spiro atoms. The number of aromatic nitrogens is 3. The normalized spacial score (nSPS) is 10.4. The summed E-state index contributed by atoms with van der Waals surface area (Å²) in [5.74, 6) is -1.07. The Labute approximate surface area is 92.3 Å². The van der Waals surface area contributed by atoms with Gasteiger partial charge in [0.25, 0.3) is 0 Å². The molecule has 0 aliphatic rings. The number of carbonyl (C=O) groups is 1. The van der Waals surface area contributed by atoms with Gasteiger partial charge in [0.05, 0.1) is 11.9 Å². The first-order valence-electron chi connectivity index (χ1n) is 4.82. The first kappa shape index (κ1) is 10.4. The van der Waals surface area contributed by atoms with E-state index in [0.717, 1.165) is 16.8 Å². The molecule has 0 unspecified atom stereocenters. The lowest BCUT2D eigenvalue weighted by Crippen LogP contribution is -2.04. The SMILES string of the molecule is Cc1cccc(-n2ncc(C(=O)O)n2)c1C. The van der Waals surface area contributed by atoms with E-state index in [1.165, 1.54) is 11.0 Å². The zero-order chi connectivity index (χ0) is 11.7. The van der Waals surface area contributed by atoms with Crippen molar-refractivity contribution in [1.29, 1.82) is 0 Å². The highest BCUT2D eigenvalue weighted by atomic mass is 16.4. The molecule has 2 aromatic rings. The average molecular weight is 217 g/mol. The summed E-state index contributed by atoms with van der Waals surface area (Å²) < 4.78 is 0. The van der Waals surface area contributed by atoms with E-state index in [4.69, 9.17) is 5.11 Å². The first-order valence-corrected chi connectivity index (χ1v) is 4.82. The zero-order valence-electron chi connectivity index (χ0n) is 9.01. The highest BCUT2D eigenvalue weighted by Gasteiger charge is 2.10. The van der Waals surface area contributed by atoms with E-state index in [9.17, 15) is 4.79 Å². The van der Waals surface area contributed by atoms with Crippen molar-refractivity contribution in [2.45, 2.75) is 13.8 Å². The molecule has 0 amide bonds. The van der Waals surface area contributed by atoms with Crippen molar-refractivity contribution in [3.63, 3.8) is 0 Å². The van der Waals surface area contributed by atoms with Crippen LogP contribution in [0.4, 0.5) is 0 Å². The topological polar surface area (TPSA) is 68.0 Å². The van der Waals surface area contributed by atoms with Crippen LogP contribution in [-0.2, 0) is 0 Å². The van der Waals surface area contributed by atoms with Crippen LogP contribution in [0, 0.1) is 13.8 Å². The number of carboxylic acid groups (broad SMARTS) is 1. The number of aromatic carboxylic acids is 1. The summed E-state index contributed by atoms with van der Waals surface area (Å²) in [6.45, 7) is 3.94. The molecule has 0 fully saturated rings. The molecule has 0 saturated heterocycles. The molecule has 16 heavy (non-hydrogen) atoms. The molecule has 0 atom stereocenters. The minimum Gasteiger partial charge on any atom is -0.476 e. The van der Waals surface area contributed by atoms with Crippen LogP contribution >= 0.6 is 0 Å². The number of hydrogen-bond donors (Lipinski definition) is 1. The van der Waals surface area contributed by atoms with Gasteiger partial charge in [0, 0.05) is 0 Å². The van der Waals surface area contributed by atoms with Gasteiger partial charge in [0.2, 0.25) is 0 Å². The third-order valence-corrected chi connectivity index (χ3v) is 2.50. The van der Waals surface area contributed by atoms with Crippen molar-refractivity contribution in [3.8, 4) is 5.69 Å². The Morgan fingerprint density at radius 1 is 1.38 bits per heavy atom. The summed E-state index contributed by atoms with van der Waals surface area (Å²) in [5, 5.41) is 16.6. The summed E-state index contributed by atoms with van der Waals surface area (Å²) in [7, 11) is 0. The van der Waals surface area contributed by atoms with Crippen molar-refractivity contribution in [2.24, 2.45) is 0 Å². The predicted molar refractivity (Wildman–Crippen MR) is 57.8 cm³/mol. The Morgan fingerprint density at radius 2 is 2.12 bits per heavy atom. The lowest BCUT2D eigenvalue weighted by Gasteiger charge is -2.06. The molecule has 0 aliphatic heterocycles. The Balaban J connectivity index is 2.50. The van der Waals surface area contributed by atoms with Crippen LogP contribution in [0.2, 0.25) is 0 Å². The fourth-order valence-electron chi connectivity index (χ4n) is 1.43. The van der Waals surface area contributed by atoms with Gasteiger partial charge in [0.15, 0.2) is 5.69 Å². The lowest BCUT2D eigenvalue weighted by molar-refractivity contribution is 0.0690. The molecular weight excluding hydrogens is 206 g/mol. The van der Waals surface area contributed by atoms with E-state index in [1.807, 2.05) is 32.0 Å². The highest BCUT2D eigenvalue weighted by molar-refractivity contribution is 5.84. The maximum atomic E-state index is 10.7. The molecule has 0 saturated carbocycles. The molecule has 1 N–H and O–H groups in total. The molecule has 1 aromatic carbocycles. The van der Waals surface area contributed by atoms with Gasteiger partial charge in [-0.05, 0) is 31.0 Å². The third-order valence-electron chi connectivity index (χ3n) is 2.50. The maximum absolute atomic E-state index is 10.7. The van der Waals surface area contributed by atoms with Gasteiger partial charge in [-0.25, -0.2) is 4.79 Å². The Bertz CT molecular complexity index is 546. The minimum absolute atomic E-state index is 0.0547. The van der Waals surface area contributed by atoms with Crippen LogP contribution in [-0.4, -0.2) is 26.1 Å². The number of benzene rings is 1. The summed E-state index contributed by atoms with van der Waals surface area (Å²) >= 11 is 0. The maximum Gasteiger partial charge on any atom is 0.358 e. The molecule has 0 aliphatic carbocycles. The van der Waals surface area contributed by atoms with Crippen molar-refractivity contribution in [3.05, 3.63) is 41.2 Å². The Morgan fingerprint density at radius 3 is 2.75 bits per heavy atom. The summed E-state index contributed by atoms with van der Waals surface area (Å²) in [5.41, 5.74) is 2.90. The standard InChI is InChI=1S/C11H11N3O2/c1-7-4-3-5-10(8(7)2)14-12-6-9(13-14)11(15)16/h3-6H,1-2H3,(H,15,16). The van der Waals surface area contributed by atoms with Crippen LogP contribution in [0.1, 0.15) is 21.6 Å². The van der Waals surface area contributed by atoms with Gasteiger partial charge in [-0.15, -0.1) is 5.10 Å². The van der Waals surface area contributed by atoms with Gasteiger partial charge in [-0.3, -0.25) is 0 Å². The molecule has 0 bridgehead atoms. The molecular formula is C11H11N3O2.